The van der Waals surface area contributed by atoms with Crippen LogP contribution in [0.2, 0.25) is 0 Å². The highest BCUT2D eigenvalue weighted by molar-refractivity contribution is 5.81. The van der Waals surface area contributed by atoms with Gasteiger partial charge in [-0.15, -0.1) is 0 Å². The van der Waals surface area contributed by atoms with Crippen molar-refractivity contribution in [2.24, 2.45) is 11.3 Å². The van der Waals surface area contributed by atoms with Crippen molar-refractivity contribution in [2.45, 2.75) is 47.6 Å². The minimum absolute atomic E-state index is 0.0842. The van der Waals surface area contributed by atoms with Crippen LogP contribution >= 0.6 is 0 Å². The van der Waals surface area contributed by atoms with Gasteiger partial charge >= 0.3 is 0 Å². The molecule has 0 aliphatic heterocycles. The number of amides is 1. The average Bonchev–Trinajstić information content (AvgIpc) is 2.09. The van der Waals surface area contributed by atoms with E-state index in [4.69, 9.17) is 4.74 Å². The molecule has 0 saturated carbocycles. The van der Waals surface area contributed by atoms with E-state index in [0.717, 1.165) is 0 Å². The molecule has 0 aromatic heterocycles. The van der Waals surface area contributed by atoms with Crippen LogP contribution in [0.25, 0.3) is 0 Å². The largest absolute Gasteiger partial charge is 0.380 e. The molecule has 0 saturated heterocycles. The van der Waals surface area contributed by atoms with Crippen molar-refractivity contribution < 1.29 is 9.53 Å². The normalized spacial score (nSPS) is 14.1. The van der Waals surface area contributed by atoms with E-state index in [2.05, 4.69) is 19.2 Å². The quantitative estimate of drug-likeness (QED) is 0.763. The molecule has 0 aliphatic carbocycles. The zero-order valence-corrected chi connectivity index (χ0v) is 10.9. The maximum Gasteiger partial charge on any atom is 0.225 e. The molecule has 0 bridgehead atoms. The van der Waals surface area contributed by atoms with E-state index in [1.807, 2.05) is 27.7 Å². The molecular formula is C12H25NO2. The van der Waals surface area contributed by atoms with Crippen LogP contribution in [0.1, 0.15) is 41.5 Å². The first kappa shape index (κ1) is 14.4. The average molecular weight is 215 g/mol. The molecule has 0 radical (unpaired) electrons. The maximum atomic E-state index is 11.8. The Balaban J connectivity index is 4.23. The molecular weight excluding hydrogens is 190 g/mol. The number of ether oxygens (including phenoxy) is 1. The highest BCUT2D eigenvalue weighted by Crippen LogP contribution is 2.14. The summed E-state index contributed by atoms with van der Waals surface area (Å²) in [5.74, 6) is 0.476. The van der Waals surface area contributed by atoms with E-state index in [9.17, 15) is 4.79 Å². The van der Waals surface area contributed by atoms with E-state index >= 15 is 0 Å². The lowest BCUT2D eigenvalue weighted by molar-refractivity contribution is -0.130. The lowest BCUT2D eigenvalue weighted by atomic mass is 9.94. The summed E-state index contributed by atoms with van der Waals surface area (Å²) in [7, 11) is 0. The Morgan fingerprint density at radius 1 is 1.33 bits per heavy atom. The minimum Gasteiger partial charge on any atom is -0.380 e. The molecule has 0 heterocycles. The molecule has 1 amide bonds. The third-order valence-corrected chi connectivity index (χ3v) is 2.30. The predicted molar refractivity (Wildman–Crippen MR) is 62.7 cm³/mol. The van der Waals surface area contributed by atoms with Gasteiger partial charge in [0.05, 0.1) is 12.6 Å². The van der Waals surface area contributed by atoms with E-state index in [0.29, 0.717) is 19.1 Å². The summed E-state index contributed by atoms with van der Waals surface area (Å²) in [6, 6.07) is 0.108. The molecule has 1 N–H and O–H groups in total. The second-order valence-electron chi connectivity index (χ2n) is 5.23. The Hall–Kier alpha value is -0.570. The van der Waals surface area contributed by atoms with Gasteiger partial charge in [-0.2, -0.15) is 0 Å². The Morgan fingerprint density at radius 3 is 2.20 bits per heavy atom. The van der Waals surface area contributed by atoms with Crippen molar-refractivity contribution in [3.8, 4) is 0 Å². The Labute approximate surface area is 93.6 Å². The van der Waals surface area contributed by atoms with Crippen molar-refractivity contribution >= 4 is 5.91 Å². The number of nitrogens with one attached hydrogen (secondary N) is 1. The molecule has 0 fully saturated rings. The zero-order chi connectivity index (χ0) is 12.1. The van der Waals surface area contributed by atoms with Gasteiger partial charge in [0.2, 0.25) is 5.91 Å². The van der Waals surface area contributed by atoms with Gasteiger partial charge < -0.3 is 10.1 Å². The summed E-state index contributed by atoms with van der Waals surface area (Å²) in [5, 5.41) is 3.03. The first-order chi connectivity index (χ1) is 6.79. The first-order valence-corrected chi connectivity index (χ1v) is 5.67. The lowest BCUT2D eigenvalue weighted by Gasteiger charge is -2.26. The summed E-state index contributed by atoms with van der Waals surface area (Å²) >= 11 is 0. The topological polar surface area (TPSA) is 38.3 Å². The number of carbonyl (C=O) groups is 1. The first-order valence-electron chi connectivity index (χ1n) is 5.67. The van der Waals surface area contributed by atoms with Crippen LogP contribution < -0.4 is 5.32 Å². The molecule has 0 aliphatic rings. The zero-order valence-electron chi connectivity index (χ0n) is 10.9. The molecule has 90 valence electrons. The van der Waals surface area contributed by atoms with Gasteiger partial charge in [0.15, 0.2) is 0 Å². The van der Waals surface area contributed by atoms with E-state index < -0.39 is 0 Å². The van der Waals surface area contributed by atoms with Gasteiger partial charge in [-0.05, 0) is 12.8 Å². The monoisotopic (exact) mass is 215 g/mol. The third kappa shape index (κ3) is 5.78. The van der Waals surface area contributed by atoms with Crippen LogP contribution in [-0.2, 0) is 9.53 Å². The molecule has 1 unspecified atom stereocenters. The van der Waals surface area contributed by atoms with Crippen molar-refractivity contribution in [3.05, 3.63) is 0 Å². The molecule has 15 heavy (non-hydrogen) atoms. The van der Waals surface area contributed by atoms with Crippen LogP contribution in [0.4, 0.5) is 0 Å². The van der Waals surface area contributed by atoms with Crippen LogP contribution in [0.15, 0.2) is 0 Å². The van der Waals surface area contributed by atoms with E-state index in [1.165, 1.54) is 0 Å². The van der Waals surface area contributed by atoms with E-state index in [1.54, 1.807) is 0 Å². The lowest BCUT2D eigenvalue weighted by Crippen LogP contribution is -2.46. The summed E-state index contributed by atoms with van der Waals surface area (Å²) in [5.41, 5.74) is -0.334. The predicted octanol–water partition coefficient (Wildman–Crippen LogP) is 2.21. The SMILES string of the molecule is CCOCC(NC(=O)C(C)(C)C)C(C)C. The smallest absolute Gasteiger partial charge is 0.225 e. The summed E-state index contributed by atoms with van der Waals surface area (Å²) in [6.07, 6.45) is 0. The Bertz CT molecular complexity index is 194. The minimum atomic E-state index is -0.334. The fourth-order valence-corrected chi connectivity index (χ4v) is 1.03. The summed E-state index contributed by atoms with van der Waals surface area (Å²) in [6.45, 7) is 13.2. The molecule has 3 nitrogen and oxygen atoms in total. The van der Waals surface area contributed by atoms with Crippen molar-refractivity contribution in [2.75, 3.05) is 13.2 Å². The molecule has 3 heteroatoms. The molecule has 0 aromatic rings. The fourth-order valence-electron chi connectivity index (χ4n) is 1.03. The van der Waals surface area contributed by atoms with Crippen molar-refractivity contribution in [3.63, 3.8) is 0 Å². The standard InChI is InChI=1S/C12H25NO2/c1-7-15-8-10(9(2)3)13-11(14)12(4,5)6/h9-10H,7-8H2,1-6H3,(H,13,14). The molecule has 1 atom stereocenters. The fraction of sp³-hybridized carbons (Fsp3) is 0.917. The highest BCUT2D eigenvalue weighted by Gasteiger charge is 2.25. The number of hydrogen-bond acceptors (Lipinski definition) is 2. The van der Waals surface area contributed by atoms with Crippen LogP contribution in [0.5, 0.6) is 0 Å². The second kappa shape index (κ2) is 6.11. The summed E-state index contributed by atoms with van der Waals surface area (Å²) < 4.78 is 5.36. The Kier molecular flexibility index (Phi) is 5.88. The van der Waals surface area contributed by atoms with Gasteiger partial charge in [-0.1, -0.05) is 34.6 Å². The maximum absolute atomic E-state index is 11.8. The van der Waals surface area contributed by atoms with Gasteiger partial charge in [-0.3, -0.25) is 4.79 Å². The van der Waals surface area contributed by atoms with Gasteiger partial charge in [0.25, 0.3) is 0 Å². The number of rotatable bonds is 5. The van der Waals surface area contributed by atoms with Crippen molar-refractivity contribution in [1.29, 1.82) is 0 Å². The molecule has 0 rings (SSSR count). The van der Waals surface area contributed by atoms with Crippen LogP contribution in [0.3, 0.4) is 0 Å². The van der Waals surface area contributed by atoms with E-state index in [-0.39, 0.29) is 17.4 Å². The van der Waals surface area contributed by atoms with Crippen LogP contribution in [-0.4, -0.2) is 25.2 Å². The van der Waals surface area contributed by atoms with Gasteiger partial charge in [0.1, 0.15) is 0 Å². The van der Waals surface area contributed by atoms with Crippen molar-refractivity contribution in [1.82, 2.24) is 5.32 Å². The van der Waals surface area contributed by atoms with Gasteiger partial charge in [0, 0.05) is 12.0 Å². The third-order valence-electron chi connectivity index (χ3n) is 2.30. The molecule has 0 aromatic carbocycles. The Morgan fingerprint density at radius 2 is 1.87 bits per heavy atom. The number of carbonyl (C=O) groups excluding carboxylic acids is 1. The summed E-state index contributed by atoms with van der Waals surface area (Å²) in [4.78, 5) is 11.8. The molecule has 0 spiro atoms. The number of hydrogen-bond donors (Lipinski definition) is 1. The van der Waals surface area contributed by atoms with Gasteiger partial charge in [-0.25, -0.2) is 0 Å². The second-order valence-corrected chi connectivity index (χ2v) is 5.23. The van der Waals surface area contributed by atoms with Crippen LogP contribution in [0, 0.1) is 11.3 Å². The highest BCUT2D eigenvalue weighted by atomic mass is 16.5.